The molecule has 0 aliphatic carbocycles. The Morgan fingerprint density at radius 1 is 1.44 bits per heavy atom. The molecule has 5 heteroatoms. The first-order chi connectivity index (χ1) is 8.79. The summed E-state index contributed by atoms with van der Waals surface area (Å²) in [5.74, 6) is 0.107. The predicted octanol–water partition coefficient (Wildman–Crippen LogP) is 0.342. The average Bonchev–Trinajstić information content (AvgIpc) is 2.41. The average molecular weight is 257 g/mol. The number of carbonyl (C=O) groups is 1. The first-order valence-corrected chi connectivity index (χ1v) is 7.09. The molecule has 0 aromatic carbocycles. The van der Waals surface area contributed by atoms with Crippen LogP contribution in [0.3, 0.4) is 0 Å². The van der Waals surface area contributed by atoms with Gasteiger partial charge in [-0.2, -0.15) is 0 Å². The Kier molecular flexibility index (Phi) is 7.96. The van der Waals surface area contributed by atoms with Crippen LogP contribution in [0.15, 0.2) is 0 Å². The molecule has 1 rings (SSSR count). The van der Waals surface area contributed by atoms with Crippen molar-refractivity contribution in [2.45, 2.75) is 38.6 Å². The molecule has 1 heterocycles. The summed E-state index contributed by atoms with van der Waals surface area (Å²) in [6.07, 6.45) is 4.28. The van der Waals surface area contributed by atoms with Gasteiger partial charge < -0.3 is 15.8 Å². The molecule has 18 heavy (non-hydrogen) atoms. The maximum Gasteiger partial charge on any atom is 0.239 e. The van der Waals surface area contributed by atoms with Gasteiger partial charge in [-0.25, -0.2) is 0 Å². The topological polar surface area (TPSA) is 67.6 Å². The lowest BCUT2D eigenvalue weighted by molar-refractivity contribution is -0.132. The molecule has 3 N–H and O–H groups in total. The van der Waals surface area contributed by atoms with Gasteiger partial charge in [-0.1, -0.05) is 13.3 Å². The second-order valence-electron chi connectivity index (χ2n) is 4.77. The smallest absolute Gasteiger partial charge is 0.239 e. The van der Waals surface area contributed by atoms with Gasteiger partial charge in [0, 0.05) is 13.1 Å². The molecule has 5 nitrogen and oxygen atoms in total. The van der Waals surface area contributed by atoms with E-state index in [-0.39, 0.29) is 11.9 Å². The van der Waals surface area contributed by atoms with Gasteiger partial charge in [0.15, 0.2) is 0 Å². The van der Waals surface area contributed by atoms with Crippen molar-refractivity contribution in [2.75, 3.05) is 39.4 Å². The van der Waals surface area contributed by atoms with E-state index in [1.165, 1.54) is 0 Å². The highest BCUT2D eigenvalue weighted by Gasteiger charge is 2.28. The van der Waals surface area contributed by atoms with Gasteiger partial charge in [-0.3, -0.25) is 9.69 Å². The van der Waals surface area contributed by atoms with Crippen molar-refractivity contribution in [2.24, 2.45) is 5.73 Å². The number of unbranched alkanes of at least 4 members (excludes halogenated alkanes) is 2. The number of hydrogen-bond acceptors (Lipinski definition) is 4. The summed E-state index contributed by atoms with van der Waals surface area (Å²) in [7, 11) is 0. The Hall–Kier alpha value is -0.650. The second kappa shape index (κ2) is 9.30. The molecule has 1 aliphatic rings. The number of carbonyl (C=O) groups excluding carboxylic acids is 1. The first kappa shape index (κ1) is 15.4. The fraction of sp³-hybridized carbons (Fsp3) is 0.923. The van der Waals surface area contributed by atoms with Gasteiger partial charge in [0.25, 0.3) is 0 Å². The first-order valence-electron chi connectivity index (χ1n) is 7.09. The van der Waals surface area contributed by atoms with Gasteiger partial charge in [0.05, 0.1) is 13.2 Å². The number of nitrogens with two attached hydrogens (primary N) is 1. The van der Waals surface area contributed by atoms with Crippen molar-refractivity contribution < 1.29 is 9.53 Å². The Labute approximate surface area is 110 Å². The highest BCUT2D eigenvalue weighted by Crippen LogP contribution is 2.09. The molecule has 1 amide bonds. The van der Waals surface area contributed by atoms with Crippen LogP contribution in [0.2, 0.25) is 0 Å². The van der Waals surface area contributed by atoms with E-state index in [4.69, 9.17) is 10.5 Å². The van der Waals surface area contributed by atoms with Crippen LogP contribution in [-0.2, 0) is 9.53 Å². The highest BCUT2D eigenvalue weighted by molar-refractivity contribution is 5.81. The maximum atomic E-state index is 12.0. The minimum atomic E-state index is -0.108. The van der Waals surface area contributed by atoms with Crippen LogP contribution in [0.1, 0.15) is 32.6 Å². The lowest BCUT2D eigenvalue weighted by Gasteiger charge is -2.34. The van der Waals surface area contributed by atoms with Gasteiger partial charge in [-0.05, 0) is 32.4 Å². The summed E-state index contributed by atoms with van der Waals surface area (Å²) in [6, 6.07) is -0.108. The molecule has 0 spiro atoms. The number of rotatable bonds is 8. The highest BCUT2D eigenvalue weighted by atomic mass is 16.5. The molecule has 1 atom stereocenters. The zero-order chi connectivity index (χ0) is 13.2. The molecule has 1 saturated heterocycles. The third-order valence-corrected chi connectivity index (χ3v) is 3.24. The number of hydrogen-bond donors (Lipinski definition) is 2. The SMILES string of the molecule is CCCNC(=O)C1COCCN1CCCCCN. The summed E-state index contributed by atoms with van der Waals surface area (Å²) < 4.78 is 5.42. The summed E-state index contributed by atoms with van der Waals surface area (Å²) in [5, 5.41) is 2.95. The fourth-order valence-electron chi connectivity index (χ4n) is 2.15. The van der Waals surface area contributed by atoms with Crippen molar-refractivity contribution >= 4 is 5.91 Å². The molecular weight excluding hydrogens is 230 g/mol. The van der Waals surface area contributed by atoms with E-state index in [2.05, 4.69) is 17.1 Å². The Bertz CT molecular complexity index is 236. The van der Waals surface area contributed by atoms with Crippen molar-refractivity contribution in [3.63, 3.8) is 0 Å². The summed E-state index contributed by atoms with van der Waals surface area (Å²) in [5.41, 5.74) is 5.48. The van der Waals surface area contributed by atoms with E-state index < -0.39 is 0 Å². The maximum absolute atomic E-state index is 12.0. The van der Waals surface area contributed by atoms with Crippen LogP contribution in [0.5, 0.6) is 0 Å². The van der Waals surface area contributed by atoms with Crippen LogP contribution < -0.4 is 11.1 Å². The number of nitrogens with zero attached hydrogens (tertiary/aromatic N) is 1. The molecule has 1 aliphatic heterocycles. The molecule has 1 unspecified atom stereocenters. The standard InChI is InChI=1S/C13H27N3O2/c1-2-7-15-13(17)12-11-18-10-9-16(12)8-5-3-4-6-14/h12H,2-11,14H2,1H3,(H,15,17). The summed E-state index contributed by atoms with van der Waals surface area (Å²) >= 11 is 0. The third-order valence-electron chi connectivity index (χ3n) is 3.24. The Morgan fingerprint density at radius 2 is 2.28 bits per heavy atom. The molecule has 106 valence electrons. The largest absolute Gasteiger partial charge is 0.378 e. The van der Waals surface area contributed by atoms with Crippen LogP contribution >= 0.6 is 0 Å². The normalized spacial score (nSPS) is 20.9. The van der Waals surface area contributed by atoms with E-state index in [9.17, 15) is 4.79 Å². The number of ether oxygens (including phenoxy) is 1. The van der Waals surface area contributed by atoms with Gasteiger partial charge in [0.1, 0.15) is 6.04 Å². The van der Waals surface area contributed by atoms with Crippen molar-refractivity contribution in [3.05, 3.63) is 0 Å². The Balaban J connectivity index is 2.33. The lowest BCUT2D eigenvalue weighted by atomic mass is 10.1. The lowest BCUT2D eigenvalue weighted by Crippen LogP contribution is -2.54. The van der Waals surface area contributed by atoms with Crippen molar-refractivity contribution in [3.8, 4) is 0 Å². The predicted molar refractivity (Wildman–Crippen MR) is 72.4 cm³/mol. The minimum absolute atomic E-state index is 0.107. The Morgan fingerprint density at radius 3 is 3.00 bits per heavy atom. The number of morpholine rings is 1. The van der Waals surface area contributed by atoms with E-state index in [0.717, 1.165) is 58.5 Å². The van der Waals surface area contributed by atoms with Gasteiger partial charge in [-0.15, -0.1) is 0 Å². The van der Waals surface area contributed by atoms with E-state index >= 15 is 0 Å². The van der Waals surface area contributed by atoms with Crippen molar-refractivity contribution in [1.29, 1.82) is 0 Å². The zero-order valence-electron chi connectivity index (χ0n) is 11.5. The molecule has 1 fully saturated rings. The molecular formula is C13H27N3O2. The van der Waals surface area contributed by atoms with Crippen LogP contribution in [0.4, 0.5) is 0 Å². The summed E-state index contributed by atoms with van der Waals surface area (Å²) in [6.45, 7) is 6.63. The van der Waals surface area contributed by atoms with E-state index in [0.29, 0.717) is 6.61 Å². The minimum Gasteiger partial charge on any atom is -0.378 e. The van der Waals surface area contributed by atoms with Crippen LogP contribution in [-0.4, -0.2) is 56.2 Å². The monoisotopic (exact) mass is 257 g/mol. The third kappa shape index (κ3) is 5.33. The van der Waals surface area contributed by atoms with Crippen LogP contribution in [0.25, 0.3) is 0 Å². The number of nitrogens with one attached hydrogen (secondary N) is 1. The van der Waals surface area contributed by atoms with E-state index in [1.54, 1.807) is 0 Å². The van der Waals surface area contributed by atoms with E-state index in [1.807, 2.05) is 0 Å². The molecule has 0 saturated carbocycles. The second-order valence-corrected chi connectivity index (χ2v) is 4.77. The molecule has 0 radical (unpaired) electrons. The summed E-state index contributed by atoms with van der Waals surface area (Å²) in [4.78, 5) is 14.2. The number of amides is 1. The van der Waals surface area contributed by atoms with Crippen molar-refractivity contribution in [1.82, 2.24) is 10.2 Å². The van der Waals surface area contributed by atoms with Gasteiger partial charge >= 0.3 is 0 Å². The molecule has 0 aromatic heterocycles. The van der Waals surface area contributed by atoms with Gasteiger partial charge in [0.2, 0.25) is 5.91 Å². The molecule has 0 aromatic rings. The fourth-order valence-corrected chi connectivity index (χ4v) is 2.15. The molecule has 0 bridgehead atoms. The quantitative estimate of drug-likeness (QED) is 0.615. The zero-order valence-corrected chi connectivity index (χ0v) is 11.5. The van der Waals surface area contributed by atoms with Crippen LogP contribution in [0, 0.1) is 0 Å².